The van der Waals surface area contributed by atoms with Gasteiger partial charge in [-0.1, -0.05) is 78.5 Å². The first-order valence-electron chi connectivity index (χ1n) is 11.8. The average molecular weight is 574 g/mol. The fraction of sp³-hybridized carbons (Fsp3) is 0.207. The maximum absolute atomic E-state index is 15.3. The zero-order valence-electron chi connectivity index (χ0n) is 21.6. The van der Waals surface area contributed by atoms with Crippen LogP contribution in [0.25, 0.3) is 21.6 Å². The van der Waals surface area contributed by atoms with Gasteiger partial charge in [0.25, 0.3) is 0 Å². The molecule has 1 atom stereocenters. The van der Waals surface area contributed by atoms with Crippen LogP contribution in [-0.2, 0) is 14.9 Å². The van der Waals surface area contributed by atoms with E-state index in [0.717, 1.165) is 35.5 Å². The maximum Gasteiger partial charge on any atom is 1.00 e. The van der Waals surface area contributed by atoms with E-state index in [0.29, 0.717) is 38.0 Å². The van der Waals surface area contributed by atoms with Gasteiger partial charge in [-0.3, -0.25) is 11.6 Å². The molecule has 0 saturated heterocycles. The van der Waals surface area contributed by atoms with Crippen LogP contribution in [0.15, 0.2) is 66.7 Å². The molecule has 1 aliphatic carbocycles. The van der Waals surface area contributed by atoms with Gasteiger partial charge in [0.2, 0.25) is 0 Å². The second-order valence-electron chi connectivity index (χ2n) is 9.12. The SMILES string of the molecule is Cc1nsc(-c2ccc(-c3ccc(C4([C-]=O)CC4)cc3)cc2F)c1NC(=O)O[C@H](C)c1ccccc1Cl.[Na+].[OH-]. The van der Waals surface area contributed by atoms with E-state index in [1.54, 1.807) is 38.1 Å². The average Bonchev–Trinajstić information content (AvgIpc) is 3.62. The van der Waals surface area contributed by atoms with Crippen molar-refractivity contribution in [2.24, 2.45) is 0 Å². The third kappa shape index (κ3) is 6.43. The minimum Gasteiger partial charge on any atom is -0.870 e. The molecule has 6 nitrogen and oxygen atoms in total. The molecule has 196 valence electrons. The number of amides is 1. The zero-order chi connectivity index (χ0) is 26.2. The minimum atomic E-state index is -0.685. The number of nitrogens with one attached hydrogen (secondary N) is 1. The fourth-order valence-electron chi connectivity index (χ4n) is 4.30. The van der Waals surface area contributed by atoms with E-state index in [1.807, 2.05) is 36.4 Å². The van der Waals surface area contributed by atoms with Crippen LogP contribution in [0, 0.1) is 12.7 Å². The molecule has 0 aliphatic heterocycles. The molecule has 1 amide bonds. The molecule has 5 rings (SSSR count). The van der Waals surface area contributed by atoms with Crippen LogP contribution in [0.3, 0.4) is 0 Å². The van der Waals surface area contributed by atoms with Crippen LogP contribution < -0.4 is 34.9 Å². The van der Waals surface area contributed by atoms with E-state index >= 15 is 4.39 Å². The summed E-state index contributed by atoms with van der Waals surface area (Å²) in [7, 11) is 0. The molecule has 10 heteroatoms. The second kappa shape index (κ2) is 12.7. The molecule has 1 saturated carbocycles. The number of benzene rings is 3. The van der Waals surface area contributed by atoms with Crippen molar-refractivity contribution < 1.29 is 53.7 Å². The zero-order valence-corrected chi connectivity index (χ0v) is 25.2. The first kappa shape index (κ1) is 30.9. The van der Waals surface area contributed by atoms with Crippen molar-refractivity contribution in [2.45, 2.75) is 38.2 Å². The van der Waals surface area contributed by atoms with Gasteiger partial charge in [0.05, 0.1) is 16.3 Å². The van der Waals surface area contributed by atoms with Crippen LogP contribution >= 0.6 is 23.1 Å². The van der Waals surface area contributed by atoms with Gasteiger partial charge in [-0.15, -0.1) is 5.41 Å². The van der Waals surface area contributed by atoms with Gasteiger partial charge < -0.3 is 15.0 Å². The van der Waals surface area contributed by atoms with Crippen molar-refractivity contribution in [2.75, 3.05) is 5.32 Å². The van der Waals surface area contributed by atoms with Gasteiger partial charge in [-0.25, -0.2) is 9.18 Å². The van der Waals surface area contributed by atoms with Gasteiger partial charge in [-0.2, -0.15) is 4.37 Å². The summed E-state index contributed by atoms with van der Waals surface area (Å²) < 4.78 is 25.2. The number of anilines is 1. The van der Waals surface area contributed by atoms with E-state index in [9.17, 15) is 9.59 Å². The van der Waals surface area contributed by atoms with Crippen LogP contribution in [0.2, 0.25) is 5.02 Å². The number of carbonyl (C=O) groups is 1. The van der Waals surface area contributed by atoms with E-state index in [4.69, 9.17) is 16.3 Å². The van der Waals surface area contributed by atoms with Crippen molar-refractivity contribution in [3.8, 4) is 21.6 Å². The number of carbonyl (C=O) groups excluding carboxylic acids is 2. The number of halogens is 2. The Morgan fingerprint density at radius 3 is 2.41 bits per heavy atom. The summed E-state index contributed by atoms with van der Waals surface area (Å²) in [6, 6.07) is 19.7. The van der Waals surface area contributed by atoms with Gasteiger partial charge in [0.1, 0.15) is 11.9 Å². The first-order chi connectivity index (χ1) is 17.8. The summed E-state index contributed by atoms with van der Waals surface area (Å²) in [4.78, 5) is 24.4. The largest absolute Gasteiger partial charge is 1.00 e. The third-order valence-electron chi connectivity index (χ3n) is 6.65. The Labute approximate surface area is 257 Å². The number of nitrogens with zero attached hydrogens (tertiary/aromatic N) is 1. The number of hydrogen-bond donors (Lipinski definition) is 1. The molecule has 0 radical (unpaired) electrons. The molecule has 39 heavy (non-hydrogen) atoms. The van der Waals surface area contributed by atoms with Gasteiger partial charge in [0, 0.05) is 16.1 Å². The van der Waals surface area contributed by atoms with E-state index in [-0.39, 0.29) is 35.0 Å². The predicted molar refractivity (Wildman–Crippen MR) is 146 cm³/mol. The summed E-state index contributed by atoms with van der Waals surface area (Å²) >= 11 is 7.31. The molecule has 1 heterocycles. The van der Waals surface area contributed by atoms with Crippen LogP contribution in [0.5, 0.6) is 0 Å². The smallest absolute Gasteiger partial charge is 0.870 e. The van der Waals surface area contributed by atoms with Crippen LogP contribution in [0.4, 0.5) is 14.9 Å². The number of aromatic nitrogens is 1. The summed E-state index contributed by atoms with van der Waals surface area (Å²) in [5, 5.41) is 3.23. The number of rotatable bonds is 7. The van der Waals surface area contributed by atoms with Crippen molar-refractivity contribution in [3.63, 3.8) is 0 Å². The van der Waals surface area contributed by atoms with Gasteiger partial charge in [0.15, 0.2) is 0 Å². The van der Waals surface area contributed by atoms with E-state index in [2.05, 4.69) is 16.0 Å². The molecule has 2 N–H and O–H groups in total. The van der Waals surface area contributed by atoms with Crippen molar-refractivity contribution in [3.05, 3.63) is 94.4 Å². The standard InChI is InChI=1S/C29H23ClFN2O3S.Na.H2O/c1-17-26(32-28(35)36-18(2)22-5-3-4-6-24(22)30)27(37-33-17)23-12-9-20(15-25(23)31)19-7-10-21(11-8-19)29(16-34)13-14-29;;/h3-12,15,18H,13-14H2,1-2H3,(H,32,35);;1H2/q-1;+1;/p-1/t18-;;/m1../s1. The minimum absolute atomic E-state index is 0. The molecule has 4 aromatic rings. The third-order valence-corrected chi connectivity index (χ3v) is 7.96. The number of ether oxygens (including phenoxy) is 1. The number of aryl methyl sites for hydroxylation is 1. The molecule has 0 unspecified atom stereocenters. The van der Waals surface area contributed by atoms with Crippen molar-refractivity contribution in [1.82, 2.24) is 4.37 Å². The Hall–Kier alpha value is -2.59. The molecule has 0 bridgehead atoms. The predicted octanol–water partition coefficient (Wildman–Crippen LogP) is 4.86. The first-order valence-corrected chi connectivity index (χ1v) is 12.9. The maximum atomic E-state index is 15.3. The fourth-order valence-corrected chi connectivity index (χ4v) is 5.46. The van der Waals surface area contributed by atoms with Gasteiger partial charge >= 0.3 is 35.7 Å². The number of hydrogen-bond acceptors (Lipinski definition) is 6. The Bertz CT molecular complexity index is 1490. The topological polar surface area (TPSA) is 98.3 Å². The molecule has 1 aliphatic rings. The second-order valence-corrected chi connectivity index (χ2v) is 10.3. The summed E-state index contributed by atoms with van der Waals surface area (Å²) in [6.45, 7) is 3.47. The Balaban J connectivity index is 0.00000210. The van der Waals surface area contributed by atoms with E-state index in [1.165, 1.54) is 6.07 Å². The molecule has 0 spiro atoms. The molecular formula is C29H24ClFN2NaO4S-. The van der Waals surface area contributed by atoms with Crippen LogP contribution in [0.1, 0.15) is 42.7 Å². The molecule has 3 aromatic carbocycles. The van der Waals surface area contributed by atoms with Crippen LogP contribution in [-0.4, -0.2) is 22.2 Å². The summed E-state index contributed by atoms with van der Waals surface area (Å²) in [6.07, 6.45) is 2.51. The summed E-state index contributed by atoms with van der Waals surface area (Å²) in [5.74, 6) is -0.439. The Morgan fingerprint density at radius 1 is 1.13 bits per heavy atom. The monoisotopic (exact) mass is 573 g/mol. The molecule has 1 fully saturated rings. The van der Waals surface area contributed by atoms with Crippen molar-refractivity contribution >= 4 is 41.2 Å². The Kier molecular flexibility index (Phi) is 10.1. The quantitative estimate of drug-likeness (QED) is 0.252. The normalized spacial score (nSPS) is 13.8. The Morgan fingerprint density at radius 2 is 1.79 bits per heavy atom. The van der Waals surface area contributed by atoms with E-state index < -0.39 is 23.4 Å². The van der Waals surface area contributed by atoms with Crippen molar-refractivity contribution in [1.29, 1.82) is 0 Å². The van der Waals surface area contributed by atoms with Gasteiger partial charge in [-0.05, 0) is 54.7 Å². The summed E-state index contributed by atoms with van der Waals surface area (Å²) in [5.41, 5.74) is 3.99. The molecule has 1 aromatic heterocycles. The molecular weight excluding hydrogens is 550 g/mol.